The number of urea groups is 1. The van der Waals surface area contributed by atoms with Gasteiger partial charge in [0.15, 0.2) is 11.5 Å². The van der Waals surface area contributed by atoms with E-state index in [1.165, 1.54) is 11.0 Å². The fourth-order valence-corrected chi connectivity index (χ4v) is 3.06. The second-order valence-electron chi connectivity index (χ2n) is 8.29. The Kier molecular flexibility index (Phi) is 9.27. The van der Waals surface area contributed by atoms with Crippen molar-refractivity contribution in [2.24, 2.45) is 0 Å². The Morgan fingerprint density at radius 2 is 1.76 bits per heavy atom. The highest BCUT2D eigenvalue weighted by Crippen LogP contribution is 2.28. The molecule has 3 amide bonds. The van der Waals surface area contributed by atoms with Crippen LogP contribution in [0.1, 0.15) is 66.4 Å². The molecule has 1 atom stereocenters. The highest BCUT2D eigenvalue weighted by atomic mass is 16.6. The molecule has 164 valence electrons. The van der Waals surface area contributed by atoms with Crippen molar-refractivity contribution in [1.29, 1.82) is 0 Å². The first-order chi connectivity index (χ1) is 13.5. The largest absolute Gasteiger partial charge is 0.504 e. The number of benzene rings is 1. The van der Waals surface area contributed by atoms with Crippen molar-refractivity contribution < 1.29 is 24.5 Å². The second kappa shape index (κ2) is 10.9. The quantitative estimate of drug-likeness (QED) is 0.597. The molecule has 0 heterocycles. The van der Waals surface area contributed by atoms with Crippen LogP contribution in [0.2, 0.25) is 0 Å². The minimum atomic E-state index is -0.704. The number of hydrogen-bond acceptors (Lipinski definition) is 5. The zero-order valence-electron chi connectivity index (χ0n) is 18.6. The number of carbonyl (C=O) groups excluding carboxylic acids is 2. The third kappa shape index (κ3) is 7.48. The number of rotatable bonds is 8. The molecule has 0 aromatic heterocycles. The van der Waals surface area contributed by atoms with E-state index in [4.69, 9.17) is 4.74 Å². The van der Waals surface area contributed by atoms with Gasteiger partial charge in [-0.2, -0.15) is 0 Å². The number of aromatic hydroxyl groups is 2. The first-order valence-corrected chi connectivity index (χ1v) is 10.3. The van der Waals surface area contributed by atoms with Gasteiger partial charge in [-0.1, -0.05) is 32.4 Å². The van der Waals surface area contributed by atoms with Crippen LogP contribution in [0, 0.1) is 0 Å². The van der Waals surface area contributed by atoms with Gasteiger partial charge in [-0.05, 0) is 58.6 Å². The van der Waals surface area contributed by atoms with E-state index in [9.17, 15) is 19.8 Å². The highest BCUT2D eigenvalue weighted by Gasteiger charge is 2.33. The van der Waals surface area contributed by atoms with Gasteiger partial charge in [0.2, 0.25) is 0 Å². The summed E-state index contributed by atoms with van der Waals surface area (Å²) in [5.74, 6) is -0.373. The van der Waals surface area contributed by atoms with E-state index in [1.807, 2.05) is 20.8 Å². The van der Waals surface area contributed by atoms with E-state index in [0.29, 0.717) is 31.5 Å². The number of nitrogens with zero attached hydrogens (tertiary/aromatic N) is 2. The predicted octanol–water partition coefficient (Wildman–Crippen LogP) is 4.90. The molecule has 0 radical (unpaired) electrons. The smallest absolute Gasteiger partial charge is 0.418 e. The van der Waals surface area contributed by atoms with E-state index >= 15 is 0 Å². The van der Waals surface area contributed by atoms with Crippen molar-refractivity contribution in [3.8, 4) is 11.5 Å². The number of phenols is 2. The summed E-state index contributed by atoms with van der Waals surface area (Å²) in [6.07, 6.45) is 1.94. The van der Waals surface area contributed by atoms with Crippen molar-refractivity contribution in [3.63, 3.8) is 0 Å². The molecular weight excluding hydrogens is 372 g/mol. The van der Waals surface area contributed by atoms with Gasteiger partial charge in [0, 0.05) is 19.1 Å². The Bertz CT molecular complexity index is 684. The Morgan fingerprint density at radius 1 is 1.10 bits per heavy atom. The van der Waals surface area contributed by atoms with Crippen molar-refractivity contribution in [2.45, 2.75) is 78.9 Å². The molecule has 2 N–H and O–H groups in total. The van der Waals surface area contributed by atoms with Crippen LogP contribution in [-0.4, -0.2) is 56.9 Å². The lowest BCUT2D eigenvalue weighted by molar-refractivity contribution is 0.0216. The third-order valence-electron chi connectivity index (χ3n) is 4.46. The summed E-state index contributed by atoms with van der Waals surface area (Å²) < 4.78 is 5.48. The van der Waals surface area contributed by atoms with Gasteiger partial charge < -0.3 is 19.8 Å². The average Bonchev–Trinajstić information content (AvgIpc) is 2.60. The average molecular weight is 409 g/mol. The van der Waals surface area contributed by atoms with E-state index in [2.05, 4.69) is 0 Å². The summed E-state index contributed by atoms with van der Waals surface area (Å²) in [6, 6.07) is 4.06. The monoisotopic (exact) mass is 408 g/mol. The third-order valence-corrected chi connectivity index (χ3v) is 4.46. The van der Waals surface area contributed by atoms with Gasteiger partial charge in [0.05, 0.1) is 0 Å². The van der Waals surface area contributed by atoms with Crippen LogP contribution in [0.3, 0.4) is 0 Å². The van der Waals surface area contributed by atoms with Crippen LogP contribution >= 0.6 is 0 Å². The van der Waals surface area contributed by atoms with Gasteiger partial charge in [-0.25, -0.2) is 14.5 Å². The van der Waals surface area contributed by atoms with E-state index in [0.717, 1.165) is 12.8 Å². The maximum absolute atomic E-state index is 13.3. The molecule has 0 aliphatic carbocycles. The highest BCUT2D eigenvalue weighted by molar-refractivity contribution is 5.91. The molecule has 0 spiro atoms. The summed E-state index contributed by atoms with van der Waals surface area (Å²) in [6.45, 7) is 11.9. The number of hydrogen-bond donors (Lipinski definition) is 2. The molecule has 1 rings (SSSR count). The topological polar surface area (TPSA) is 90.3 Å². The number of para-hydroxylation sites is 1. The lowest BCUT2D eigenvalue weighted by Gasteiger charge is -2.34. The number of amides is 3. The first kappa shape index (κ1) is 24.6. The van der Waals surface area contributed by atoms with E-state index < -0.39 is 17.7 Å². The molecule has 0 aliphatic heterocycles. The van der Waals surface area contributed by atoms with Crippen LogP contribution in [0.5, 0.6) is 11.5 Å². The summed E-state index contributed by atoms with van der Waals surface area (Å²) in [5, 5.41) is 19.7. The summed E-state index contributed by atoms with van der Waals surface area (Å²) >= 11 is 0. The fraction of sp³-hybridized carbons (Fsp3) is 0.636. The van der Waals surface area contributed by atoms with Gasteiger partial charge in [0.25, 0.3) is 0 Å². The fourth-order valence-electron chi connectivity index (χ4n) is 3.06. The lowest BCUT2D eigenvalue weighted by atomic mass is 10.1. The summed E-state index contributed by atoms with van der Waals surface area (Å²) in [4.78, 5) is 28.9. The lowest BCUT2D eigenvalue weighted by Crippen LogP contribution is -2.52. The van der Waals surface area contributed by atoms with Crippen molar-refractivity contribution in [2.75, 3.05) is 13.1 Å². The van der Waals surface area contributed by atoms with Gasteiger partial charge >= 0.3 is 12.1 Å². The number of imide groups is 1. The van der Waals surface area contributed by atoms with Gasteiger partial charge in [-0.3, -0.25) is 0 Å². The number of ether oxygens (including phenoxy) is 1. The molecule has 0 saturated carbocycles. The molecule has 0 unspecified atom stereocenters. The maximum Gasteiger partial charge on any atom is 0.418 e. The Labute approximate surface area is 174 Å². The van der Waals surface area contributed by atoms with Crippen LogP contribution in [0.15, 0.2) is 18.2 Å². The zero-order valence-corrected chi connectivity index (χ0v) is 18.6. The van der Waals surface area contributed by atoms with Crippen molar-refractivity contribution >= 4 is 12.1 Å². The number of carbonyl (C=O) groups is 2. The van der Waals surface area contributed by atoms with Gasteiger partial charge in [-0.15, -0.1) is 0 Å². The maximum atomic E-state index is 13.3. The minimum absolute atomic E-state index is 0.181. The normalized spacial score (nSPS) is 12.3. The summed E-state index contributed by atoms with van der Waals surface area (Å²) in [7, 11) is 0. The van der Waals surface area contributed by atoms with E-state index in [1.54, 1.807) is 37.8 Å². The number of phenolic OH excluding ortho intramolecular Hbond substituents is 2. The van der Waals surface area contributed by atoms with Crippen LogP contribution in [-0.2, 0) is 11.2 Å². The van der Waals surface area contributed by atoms with Crippen molar-refractivity contribution in [1.82, 2.24) is 9.80 Å². The zero-order chi connectivity index (χ0) is 22.2. The Morgan fingerprint density at radius 3 is 2.31 bits per heavy atom. The SMILES string of the molecule is CCC[C@H](C)N(C(=O)OC(C)(C)C)C(=O)N(CCC)CCc1cccc(O)c1O. The second-order valence-corrected chi connectivity index (χ2v) is 8.29. The van der Waals surface area contributed by atoms with Crippen LogP contribution < -0.4 is 0 Å². The van der Waals surface area contributed by atoms with Crippen LogP contribution in [0.4, 0.5) is 9.59 Å². The molecule has 0 aliphatic rings. The standard InChI is InChI=1S/C22H36N2O5/c1-7-10-16(3)24(21(28)29-22(4,5)6)20(27)23(14-8-2)15-13-17-11-9-12-18(25)19(17)26/h9,11-12,16,25-26H,7-8,10,13-15H2,1-6H3/t16-/m0/s1. The molecule has 29 heavy (non-hydrogen) atoms. The Balaban J connectivity index is 3.05. The van der Waals surface area contributed by atoms with E-state index in [-0.39, 0.29) is 17.5 Å². The molecule has 7 nitrogen and oxygen atoms in total. The van der Waals surface area contributed by atoms with Crippen LogP contribution in [0.25, 0.3) is 0 Å². The molecule has 1 aromatic rings. The molecule has 0 bridgehead atoms. The molecule has 0 saturated heterocycles. The molecule has 1 aromatic carbocycles. The predicted molar refractivity (Wildman–Crippen MR) is 113 cm³/mol. The van der Waals surface area contributed by atoms with Crippen molar-refractivity contribution in [3.05, 3.63) is 23.8 Å². The summed E-state index contributed by atoms with van der Waals surface area (Å²) in [5.41, 5.74) is -0.158. The van der Waals surface area contributed by atoms with Gasteiger partial charge in [0.1, 0.15) is 5.60 Å². The molecule has 0 fully saturated rings. The first-order valence-electron chi connectivity index (χ1n) is 10.3. The minimum Gasteiger partial charge on any atom is -0.504 e. The molecular formula is C22H36N2O5. The molecule has 7 heteroatoms. The Hall–Kier alpha value is -2.44.